The number of hydrogen-bond acceptors (Lipinski definition) is 5. The van der Waals surface area contributed by atoms with Crippen LogP contribution < -0.4 is 5.32 Å². The van der Waals surface area contributed by atoms with Crippen molar-refractivity contribution in [1.82, 2.24) is 10.2 Å². The second-order valence-electron chi connectivity index (χ2n) is 7.10. The van der Waals surface area contributed by atoms with E-state index in [-0.39, 0.29) is 31.0 Å². The Hall–Kier alpha value is -2.49. The summed E-state index contributed by atoms with van der Waals surface area (Å²) in [4.78, 5) is 24.6. The molecule has 3 fully saturated rings. The third-order valence-electron chi connectivity index (χ3n) is 4.98. The third-order valence-corrected chi connectivity index (χ3v) is 4.98. The van der Waals surface area contributed by atoms with Gasteiger partial charge in [-0.15, -0.1) is 0 Å². The number of likely N-dealkylation sites (tertiary alicyclic amines) is 1. The molecule has 0 unspecified atom stereocenters. The highest BCUT2D eigenvalue weighted by Crippen LogP contribution is 2.31. The van der Waals surface area contributed by atoms with E-state index < -0.39 is 35.2 Å². The van der Waals surface area contributed by atoms with Gasteiger partial charge in [-0.25, -0.2) is 22.8 Å². The Labute approximate surface area is 152 Å². The van der Waals surface area contributed by atoms with Crippen LogP contribution in [0, 0.1) is 17.5 Å². The van der Waals surface area contributed by atoms with Crippen LogP contribution in [0.15, 0.2) is 12.1 Å². The van der Waals surface area contributed by atoms with Gasteiger partial charge in [-0.1, -0.05) is 0 Å². The Bertz CT molecular complexity index is 755. The van der Waals surface area contributed by atoms with E-state index in [1.165, 1.54) is 4.90 Å². The van der Waals surface area contributed by atoms with E-state index in [1.807, 2.05) is 0 Å². The highest BCUT2D eigenvalue weighted by molar-refractivity contribution is 5.74. The molecule has 10 heteroatoms. The maximum Gasteiger partial charge on any atom is 0.410 e. The molecule has 1 aromatic rings. The maximum atomic E-state index is 13.5. The quantitative estimate of drug-likeness (QED) is 0.858. The van der Waals surface area contributed by atoms with Gasteiger partial charge in [-0.3, -0.25) is 0 Å². The molecule has 7 nitrogen and oxygen atoms in total. The van der Waals surface area contributed by atoms with Crippen LogP contribution in [0.4, 0.5) is 22.8 Å². The average molecular weight is 386 g/mol. The molecule has 4 rings (SSSR count). The Balaban J connectivity index is 1.18. The van der Waals surface area contributed by atoms with Gasteiger partial charge in [0.2, 0.25) is 0 Å². The second kappa shape index (κ2) is 6.59. The summed E-state index contributed by atoms with van der Waals surface area (Å²) in [5.41, 5.74) is -0.839. The lowest BCUT2D eigenvalue weighted by atomic mass is 9.91. The van der Waals surface area contributed by atoms with Gasteiger partial charge in [0.1, 0.15) is 35.7 Å². The molecule has 0 aromatic heterocycles. The van der Waals surface area contributed by atoms with Crippen LogP contribution in [0.2, 0.25) is 0 Å². The Morgan fingerprint density at radius 3 is 2.48 bits per heavy atom. The first-order valence-corrected chi connectivity index (χ1v) is 8.49. The Morgan fingerprint density at radius 2 is 1.89 bits per heavy atom. The smallest absolute Gasteiger partial charge is 0.410 e. The number of benzene rings is 1. The van der Waals surface area contributed by atoms with Crippen LogP contribution in [-0.4, -0.2) is 54.5 Å². The number of alkyl carbamates (subject to hydrolysis) is 1. The predicted molar refractivity (Wildman–Crippen MR) is 83.2 cm³/mol. The summed E-state index contributed by atoms with van der Waals surface area (Å²) in [6.45, 7) is 0.559. The number of carbonyl (C=O) groups excluding carboxylic acids is 2. The number of hydrogen-bond donors (Lipinski definition) is 1. The number of nitrogens with one attached hydrogen (secondary N) is 1. The number of nitrogens with zero attached hydrogens (tertiary/aromatic N) is 1. The van der Waals surface area contributed by atoms with Crippen LogP contribution in [0.5, 0.6) is 0 Å². The minimum absolute atomic E-state index is 0.228. The molecule has 1 aromatic carbocycles. The molecule has 2 heterocycles. The van der Waals surface area contributed by atoms with E-state index in [0.717, 1.165) is 0 Å². The zero-order valence-electron chi connectivity index (χ0n) is 14.2. The molecule has 1 N–H and O–H groups in total. The van der Waals surface area contributed by atoms with Crippen molar-refractivity contribution >= 4 is 12.2 Å². The lowest BCUT2D eigenvalue weighted by Crippen LogP contribution is -2.70. The molecule has 1 spiro atoms. The minimum atomic E-state index is -0.996. The lowest BCUT2D eigenvalue weighted by Gasteiger charge is -2.46. The van der Waals surface area contributed by atoms with Gasteiger partial charge in [0.25, 0.3) is 0 Å². The summed E-state index contributed by atoms with van der Waals surface area (Å²) in [5, 5.41) is 2.67. The van der Waals surface area contributed by atoms with Crippen molar-refractivity contribution in [2.24, 2.45) is 0 Å². The van der Waals surface area contributed by atoms with E-state index in [0.29, 0.717) is 38.1 Å². The lowest BCUT2D eigenvalue weighted by molar-refractivity contribution is -0.0936. The summed E-state index contributed by atoms with van der Waals surface area (Å²) in [7, 11) is 0. The number of rotatable bonds is 4. The van der Waals surface area contributed by atoms with E-state index in [9.17, 15) is 22.8 Å². The third kappa shape index (κ3) is 3.53. The van der Waals surface area contributed by atoms with Crippen LogP contribution in [0.3, 0.4) is 0 Å². The molecule has 2 saturated heterocycles. The summed E-state index contributed by atoms with van der Waals surface area (Å²) in [5.74, 6) is -2.98. The van der Waals surface area contributed by atoms with Crippen LogP contribution in [0.25, 0.3) is 0 Å². The van der Waals surface area contributed by atoms with Crippen molar-refractivity contribution in [2.75, 3.05) is 19.7 Å². The van der Waals surface area contributed by atoms with Gasteiger partial charge in [-0.2, -0.15) is 0 Å². The highest BCUT2D eigenvalue weighted by Gasteiger charge is 2.52. The minimum Gasteiger partial charge on any atom is -0.447 e. The van der Waals surface area contributed by atoms with Crippen LogP contribution in [0.1, 0.15) is 18.4 Å². The molecule has 2 aliphatic heterocycles. The van der Waals surface area contributed by atoms with Gasteiger partial charge in [0.15, 0.2) is 0 Å². The van der Waals surface area contributed by atoms with Gasteiger partial charge < -0.3 is 24.4 Å². The Morgan fingerprint density at radius 1 is 1.22 bits per heavy atom. The summed E-state index contributed by atoms with van der Waals surface area (Å²) < 4.78 is 55.5. The van der Waals surface area contributed by atoms with E-state index in [1.54, 1.807) is 0 Å². The van der Waals surface area contributed by atoms with Crippen LogP contribution >= 0.6 is 0 Å². The zero-order valence-corrected chi connectivity index (χ0v) is 14.2. The standard InChI is InChI=1S/C17H17F3N2O5/c18-9-1-13(19)12(14(20)2-9)5-25-10-3-11(4-10)27-16(24)22-6-17(7-22)8-26-15(23)21-17/h1-2,10-11H,3-8H2,(H,21,23). The van der Waals surface area contributed by atoms with Crippen molar-refractivity contribution in [3.63, 3.8) is 0 Å². The molecule has 2 amide bonds. The molecule has 1 saturated carbocycles. The molecule has 3 aliphatic rings. The van der Waals surface area contributed by atoms with Crippen molar-refractivity contribution in [3.8, 4) is 0 Å². The summed E-state index contributed by atoms with van der Waals surface area (Å²) in [6, 6.07) is 1.20. The van der Waals surface area contributed by atoms with E-state index in [4.69, 9.17) is 14.2 Å². The van der Waals surface area contributed by atoms with Crippen molar-refractivity contribution in [3.05, 3.63) is 35.1 Å². The Kier molecular flexibility index (Phi) is 4.37. The monoisotopic (exact) mass is 386 g/mol. The molecular formula is C17H17F3N2O5. The van der Waals surface area contributed by atoms with E-state index in [2.05, 4.69) is 5.32 Å². The number of halogens is 3. The van der Waals surface area contributed by atoms with E-state index >= 15 is 0 Å². The topological polar surface area (TPSA) is 77.1 Å². The number of cyclic esters (lactones) is 1. The van der Waals surface area contributed by atoms with Gasteiger partial charge >= 0.3 is 12.2 Å². The zero-order chi connectivity index (χ0) is 19.2. The fourth-order valence-corrected chi connectivity index (χ4v) is 3.35. The number of ether oxygens (including phenoxy) is 3. The fourth-order valence-electron chi connectivity index (χ4n) is 3.35. The molecular weight excluding hydrogens is 369 g/mol. The van der Waals surface area contributed by atoms with Crippen molar-refractivity contribution in [2.45, 2.75) is 37.2 Å². The molecule has 1 aliphatic carbocycles. The summed E-state index contributed by atoms with van der Waals surface area (Å²) >= 11 is 0. The van der Waals surface area contributed by atoms with Gasteiger partial charge in [0, 0.05) is 30.5 Å². The molecule has 0 radical (unpaired) electrons. The predicted octanol–water partition coefficient (Wildman–Crippen LogP) is 2.08. The normalized spacial score (nSPS) is 25.4. The first-order valence-electron chi connectivity index (χ1n) is 8.49. The van der Waals surface area contributed by atoms with Crippen molar-refractivity contribution in [1.29, 1.82) is 0 Å². The molecule has 146 valence electrons. The second-order valence-corrected chi connectivity index (χ2v) is 7.10. The first kappa shape index (κ1) is 17.9. The largest absolute Gasteiger partial charge is 0.447 e. The first-order chi connectivity index (χ1) is 12.8. The van der Waals surface area contributed by atoms with Gasteiger partial charge in [0.05, 0.1) is 25.8 Å². The molecule has 0 bridgehead atoms. The molecule has 27 heavy (non-hydrogen) atoms. The highest BCUT2D eigenvalue weighted by atomic mass is 19.1. The fraction of sp³-hybridized carbons (Fsp3) is 0.529. The maximum absolute atomic E-state index is 13.5. The SMILES string of the molecule is O=C1NC2(CO1)CN(C(=O)OC1CC(OCc3c(F)cc(F)cc3F)C1)C2. The number of carbonyl (C=O) groups is 2. The van der Waals surface area contributed by atoms with Crippen LogP contribution in [-0.2, 0) is 20.8 Å². The summed E-state index contributed by atoms with van der Waals surface area (Å²) in [6.07, 6.45) is -0.783. The average Bonchev–Trinajstić information content (AvgIpc) is 2.91. The molecule has 0 atom stereocenters. The van der Waals surface area contributed by atoms with Gasteiger partial charge in [-0.05, 0) is 0 Å². The number of amides is 2. The van der Waals surface area contributed by atoms with Crippen molar-refractivity contribution < 1.29 is 37.0 Å².